The van der Waals surface area contributed by atoms with Gasteiger partial charge in [-0.2, -0.15) is 5.26 Å². The Morgan fingerprint density at radius 2 is 1.47 bits per heavy atom. The van der Waals surface area contributed by atoms with Crippen LogP contribution in [0.5, 0.6) is 0 Å². The molecule has 0 bridgehead atoms. The van der Waals surface area contributed by atoms with E-state index in [1.54, 1.807) is 97.1 Å². The number of nitrogens with zero attached hydrogens (tertiary/aromatic N) is 1. The fraction of sp³-hybridized carbons (Fsp3) is 0.118. The lowest BCUT2D eigenvalue weighted by Gasteiger charge is -2.21. The number of rotatable bonds is 11. The molecule has 4 aromatic rings. The van der Waals surface area contributed by atoms with E-state index >= 15 is 0 Å². The molecule has 0 fully saturated rings. The van der Waals surface area contributed by atoms with Crippen LogP contribution in [0.4, 0.5) is 5.69 Å². The van der Waals surface area contributed by atoms with Crippen molar-refractivity contribution in [3.05, 3.63) is 146 Å². The molecule has 0 saturated carbocycles. The molecule has 9 heteroatoms. The number of hydrogen-bond donors (Lipinski definition) is 2. The monoisotopic (exact) mass is 627 g/mol. The van der Waals surface area contributed by atoms with Crippen molar-refractivity contribution in [2.75, 3.05) is 11.1 Å². The second kappa shape index (κ2) is 15.2. The van der Waals surface area contributed by atoms with Gasteiger partial charge in [-0.3, -0.25) is 14.4 Å². The summed E-state index contributed by atoms with van der Waals surface area (Å²) in [5, 5.41) is 17.2. The summed E-state index contributed by atoms with van der Waals surface area (Å²) < 4.78 is 0. The minimum Gasteiger partial charge on any atom is -0.325 e. The molecule has 0 aromatic heterocycles. The molecule has 2 N–H and O–H groups in total. The van der Waals surface area contributed by atoms with E-state index in [4.69, 9.17) is 23.2 Å². The number of aryl methyl sites for hydroxylation is 1. The molecule has 0 saturated heterocycles. The van der Waals surface area contributed by atoms with Crippen LogP contribution in [0.1, 0.15) is 44.2 Å². The molecule has 1 atom stereocenters. The van der Waals surface area contributed by atoms with Crippen molar-refractivity contribution in [3.63, 3.8) is 0 Å². The number of ketones is 1. The number of anilines is 1. The number of Topliss-reactive ketones (excluding diaryl/α,β-unsaturated/α-hetero) is 1. The maximum Gasteiger partial charge on any atom is 0.256 e. The van der Waals surface area contributed by atoms with Gasteiger partial charge >= 0.3 is 0 Å². The zero-order valence-corrected chi connectivity index (χ0v) is 25.5. The van der Waals surface area contributed by atoms with Crippen LogP contribution >= 0.6 is 35.0 Å². The van der Waals surface area contributed by atoms with E-state index in [0.29, 0.717) is 32.4 Å². The Balaban J connectivity index is 1.72. The Morgan fingerprint density at radius 1 is 0.837 bits per heavy atom. The van der Waals surface area contributed by atoms with Gasteiger partial charge in [-0.25, -0.2) is 0 Å². The molecule has 0 aliphatic carbocycles. The van der Waals surface area contributed by atoms with Crippen LogP contribution < -0.4 is 10.6 Å². The zero-order valence-electron chi connectivity index (χ0n) is 23.1. The summed E-state index contributed by atoms with van der Waals surface area (Å²) in [6.07, 6.45) is -0.0873. The van der Waals surface area contributed by atoms with Gasteiger partial charge in [0.05, 0.1) is 22.4 Å². The molecule has 6 nitrogen and oxygen atoms in total. The average molecular weight is 629 g/mol. The highest BCUT2D eigenvalue weighted by atomic mass is 35.5. The molecule has 43 heavy (non-hydrogen) atoms. The number of halogens is 2. The lowest BCUT2D eigenvalue weighted by atomic mass is 9.86. The van der Waals surface area contributed by atoms with Gasteiger partial charge in [0.25, 0.3) is 5.91 Å². The quantitative estimate of drug-likeness (QED) is 0.129. The topological polar surface area (TPSA) is 99.1 Å². The second-order valence-corrected chi connectivity index (χ2v) is 11.3. The maximum absolute atomic E-state index is 13.4. The summed E-state index contributed by atoms with van der Waals surface area (Å²) in [5.74, 6) is -1.98. The van der Waals surface area contributed by atoms with E-state index in [9.17, 15) is 19.6 Å². The fourth-order valence-electron chi connectivity index (χ4n) is 4.29. The molecule has 4 rings (SSSR count). The zero-order chi connectivity index (χ0) is 30.8. The third-order valence-electron chi connectivity index (χ3n) is 6.55. The first-order chi connectivity index (χ1) is 20.8. The first-order valence-electron chi connectivity index (χ1n) is 13.3. The number of carbonyl (C=O) groups excluding carboxylic acids is 3. The van der Waals surface area contributed by atoms with E-state index in [1.165, 1.54) is 0 Å². The van der Waals surface area contributed by atoms with Crippen LogP contribution in [-0.2, 0) is 4.79 Å². The number of benzene rings is 4. The van der Waals surface area contributed by atoms with Gasteiger partial charge in [0.1, 0.15) is 0 Å². The minimum atomic E-state index is -0.802. The Kier molecular flexibility index (Phi) is 11.2. The van der Waals surface area contributed by atoms with E-state index in [2.05, 4.69) is 16.7 Å². The first kappa shape index (κ1) is 31.6. The molecule has 0 spiro atoms. The van der Waals surface area contributed by atoms with E-state index < -0.39 is 11.8 Å². The summed E-state index contributed by atoms with van der Waals surface area (Å²) in [6.45, 7) is 1.86. The van der Waals surface area contributed by atoms with Crippen LogP contribution in [-0.4, -0.2) is 23.4 Å². The lowest BCUT2D eigenvalue weighted by molar-refractivity contribution is -0.113. The third kappa shape index (κ3) is 8.59. The van der Waals surface area contributed by atoms with Crippen molar-refractivity contribution in [2.45, 2.75) is 19.3 Å². The number of allylic oxidation sites excluding steroid dienone is 1. The van der Waals surface area contributed by atoms with Crippen molar-refractivity contribution in [3.8, 4) is 6.07 Å². The van der Waals surface area contributed by atoms with E-state index in [1.807, 2.05) is 13.0 Å². The number of thioether (sulfide) groups is 1. The lowest BCUT2D eigenvalue weighted by Crippen LogP contribution is -2.25. The standard InChI is InChI=1S/C34H27Cl2N3O3S/c1-22-16-17-25(18-30(22)36)38-32(41)21-43-34(39-33(42)24-12-6-3-7-13-24)28(20-37)27(26-14-8-9-15-29(26)35)19-31(40)23-10-4-2-5-11-23/h2-18,27H,19,21H2,1H3,(H,38,41)(H,39,42)/b34-28+. The Morgan fingerprint density at radius 3 is 2.09 bits per heavy atom. The first-order valence-corrected chi connectivity index (χ1v) is 15.0. The van der Waals surface area contributed by atoms with Gasteiger partial charge in [0, 0.05) is 39.2 Å². The SMILES string of the molecule is Cc1ccc(NC(=O)CS/C(NC(=O)c2ccccc2)=C(\C#N)C(CC(=O)c2ccccc2)c2ccccc2Cl)cc1Cl. The maximum atomic E-state index is 13.4. The van der Waals surface area contributed by atoms with Gasteiger partial charge in [-0.1, -0.05) is 108 Å². The van der Waals surface area contributed by atoms with E-state index in [-0.39, 0.29) is 34.5 Å². The Bertz CT molecular complexity index is 1700. The predicted molar refractivity (Wildman–Crippen MR) is 173 cm³/mol. The van der Waals surface area contributed by atoms with Gasteiger partial charge in [-0.05, 0) is 48.4 Å². The summed E-state index contributed by atoms with van der Waals surface area (Å²) in [5.41, 5.74) is 2.90. The average Bonchev–Trinajstić information content (AvgIpc) is 3.02. The van der Waals surface area contributed by atoms with Crippen LogP contribution in [0.25, 0.3) is 0 Å². The van der Waals surface area contributed by atoms with Gasteiger partial charge in [0.2, 0.25) is 5.91 Å². The number of nitriles is 1. The number of hydrogen-bond acceptors (Lipinski definition) is 5. The highest BCUT2D eigenvalue weighted by Gasteiger charge is 2.28. The third-order valence-corrected chi connectivity index (χ3v) is 8.31. The molecule has 2 amide bonds. The van der Waals surface area contributed by atoms with Gasteiger partial charge in [-0.15, -0.1) is 0 Å². The summed E-state index contributed by atoms with van der Waals surface area (Å²) in [6, 6.07) is 31.6. The number of amides is 2. The molecule has 1 unspecified atom stereocenters. The summed E-state index contributed by atoms with van der Waals surface area (Å²) in [4.78, 5) is 39.6. The Hall–Kier alpha value is -4.35. The second-order valence-electron chi connectivity index (χ2n) is 9.54. The summed E-state index contributed by atoms with van der Waals surface area (Å²) >= 11 is 13.8. The highest BCUT2D eigenvalue weighted by Crippen LogP contribution is 2.37. The molecule has 4 aromatic carbocycles. The summed E-state index contributed by atoms with van der Waals surface area (Å²) in [7, 11) is 0. The van der Waals surface area contributed by atoms with Crippen LogP contribution in [0.2, 0.25) is 10.0 Å². The Labute approximate surface area is 264 Å². The van der Waals surface area contributed by atoms with Crippen LogP contribution in [0.15, 0.2) is 114 Å². The highest BCUT2D eigenvalue weighted by molar-refractivity contribution is 8.03. The molecular formula is C34H27Cl2N3O3S. The molecule has 0 aliphatic rings. The molecule has 0 heterocycles. The van der Waals surface area contributed by atoms with Crippen LogP contribution in [0, 0.1) is 18.3 Å². The van der Waals surface area contributed by atoms with Gasteiger partial charge in [0.15, 0.2) is 5.78 Å². The molecular weight excluding hydrogens is 601 g/mol. The molecule has 216 valence electrons. The predicted octanol–water partition coefficient (Wildman–Crippen LogP) is 8.20. The largest absolute Gasteiger partial charge is 0.325 e. The fourth-order valence-corrected chi connectivity index (χ4v) is 5.59. The van der Waals surface area contributed by atoms with Crippen molar-refractivity contribution in [1.82, 2.24) is 5.32 Å². The minimum absolute atomic E-state index is 0.0873. The number of nitrogens with one attached hydrogen (secondary N) is 2. The van der Waals surface area contributed by atoms with Crippen molar-refractivity contribution < 1.29 is 14.4 Å². The smallest absolute Gasteiger partial charge is 0.256 e. The normalized spacial score (nSPS) is 12.0. The number of carbonyl (C=O) groups is 3. The molecule has 0 radical (unpaired) electrons. The molecule has 0 aliphatic heterocycles. The van der Waals surface area contributed by atoms with Crippen molar-refractivity contribution in [2.24, 2.45) is 0 Å². The van der Waals surface area contributed by atoms with E-state index in [0.717, 1.165) is 17.3 Å². The van der Waals surface area contributed by atoms with Gasteiger partial charge < -0.3 is 10.6 Å². The van der Waals surface area contributed by atoms with Crippen molar-refractivity contribution in [1.29, 1.82) is 5.26 Å². The van der Waals surface area contributed by atoms with Crippen molar-refractivity contribution >= 4 is 58.2 Å². The van der Waals surface area contributed by atoms with Crippen LogP contribution in [0.3, 0.4) is 0 Å².